The second-order valence-corrected chi connectivity index (χ2v) is 9.29. The summed E-state index contributed by atoms with van der Waals surface area (Å²) < 4.78 is 6.47. The van der Waals surface area contributed by atoms with Crippen LogP contribution in [-0.4, -0.2) is 27.5 Å². The van der Waals surface area contributed by atoms with E-state index in [-0.39, 0.29) is 11.8 Å². The molecule has 0 aliphatic carbocycles. The number of benzene rings is 1. The summed E-state index contributed by atoms with van der Waals surface area (Å²) in [5.41, 5.74) is 2.75. The van der Waals surface area contributed by atoms with Crippen LogP contribution in [0.2, 0.25) is 5.02 Å². The van der Waals surface area contributed by atoms with Crippen LogP contribution in [0.15, 0.2) is 9.63 Å². The molecule has 1 aliphatic heterocycles. The SMILES string of the molecule is CCC.CCCC(Nc1nc(SCC)nc2c(Cl)c(Br)c3c(c12)COC3)C(C)=O. The van der Waals surface area contributed by atoms with E-state index in [1.54, 1.807) is 18.7 Å². The lowest BCUT2D eigenvalue weighted by Gasteiger charge is -2.19. The van der Waals surface area contributed by atoms with Crippen molar-refractivity contribution in [2.24, 2.45) is 0 Å². The van der Waals surface area contributed by atoms with Crippen LogP contribution in [0.5, 0.6) is 0 Å². The van der Waals surface area contributed by atoms with E-state index >= 15 is 0 Å². The van der Waals surface area contributed by atoms with E-state index in [2.05, 4.69) is 53.9 Å². The van der Waals surface area contributed by atoms with Crippen LogP contribution in [-0.2, 0) is 22.7 Å². The first kappa shape index (κ1) is 24.4. The normalized spacial score (nSPS) is 13.6. The van der Waals surface area contributed by atoms with E-state index in [0.717, 1.165) is 39.6 Å². The van der Waals surface area contributed by atoms with E-state index in [9.17, 15) is 4.79 Å². The van der Waals surface area contributed by atoms with Gasteiger partial charge in [-0.15, -0.1) is 0 Å². The van der Waals surface area contributed by atoms with Crippen molar-refractivity contribution in [1.29, 1.82) is 0 Å². The maximum Gasteiger partial charge on any atom is 0.190 e. The van der Waals surface area contributed by atoms with Crippen molar-refractivity contribution in [2.75, 3.05) is 11.1 Å². The first-order valence-corrected chi connectivity index (χ1v) is 12.2. The summed E-state index contributed by atoms with van der Waals surface area (Å²) in [6.45, 7) is 11.0. The number of Topliss-reactive ketones (excluding diaryl/α,β-unsaturated/α-hetero) is 1. The molecule has 1 atom stereocenters. The molecule has 8 heteroatoms. The molecule has 29 heavy (non-hydrogen) atoms. The van der Waals surface area contributed by atoms with Crippen LogP contribution in [0.3, 0.4) is 0 Å². The lowest BCUT2D eigenvalue weighted by Crippen LogP contribution is -2.28. The van der Waals surface area contributed by atoms with E-state index in [0.29, 0.717) is 34.7 Å². The summed E-state index contributed by atoms with van der Waals surface area (Å²) in [6, 6.07) is -0.280. The molecule has 1 aromatic carbocycles. The van der Waals surface area contributed by atoms with Crippen molar-refractivity contribution in [3.63, 3.8) is 0 Å². The smallest absolute Gasteiger partial charge is 0.190 e. The summed E-state index contributed by atoms with van der Waals surface area (Å²) in [4.78, 5) is 21.4. The minimum atomic E-state index is -0.280. The average molecular weight is 503 g/mol. The van der Waals surface area contributed by atoms with Crippen molar-refractivity contribution >= 4 is 61.8 Å². The van der Waals surface area contributed by atoms with Gasteiger partial charge in [0.05, 0.1) is 35.2 Å². The summed E-state index contributed by atoms with van der Waals surface area (Å²) in [5, 5.41) is 5.41. The van der Waals surface area contributed by atoms with Gasteiger partial charge in [0.1, 0.15) is 5.82 Å². The number of carbonyl (C=O) groups is 1. The highest BCUT2D eigenvalue weighted by Crippen LogP contribution is 2.43. The van der Waals surface area contributed by atoms with Crippen LogP contribution < -0.4 is 5.32 Å². The lowest BCUT2D eigenvalue weighted by atomic mass is 10.0. The van der Waals surface area contributed by atoms with Crippen molar-refractivity contribution in [3.8, 4) is 0 Å². The molecule has 1 N–H and O–H groups in total. The van der Waals surface area contributed by atoms with Gasteiger partial charge >= 0.3 is 0 Å². The summed E-state index contributed by atoms with van der Waals surface area (Å²) in [7, 11) is 0. The number of ether oxygens (including phenoxy) is 1. The number of thioether (sulfide) groups is 1. The highest BCUT2D eigenvalue weighted by Gasteiger charge is 2.27. The number of rotatable bonds is 7. The highest BCUT2D eigenvalue weighted by atomic mass is 79.9. The molecular formula is C21H29BrClN3O2S. The minimum Gasteiger partial charge on any atom is -0.372 e. The molecule has 0 fully saturated rings. The standard InChI is InChI=1S/C18H21BrClN3O2S.C3H8/c1-4-6-12(9(3)24)21-17-13-10-7-25-8-11(10)14(19)15(20)16(13)22-18(23-17)26-5-2;1-3-2/h12H,4-8H2,1-3H3,(H,21,22,23);3H2,1-2H3. The Morgan fingerprint density at radius 1 is 1.24 bits per heavy atom. The Balaban J connectivity index is 0.000000941. The lowest BCUT2D eigenvalue weighted by molar-refractivity contribution is -0.117. The van der Waals surface area contributed by atoms with E-state index in [1.807, 2.05) is 0 Å². The molecule has 0 radical (unpaired) electrons. The number of hydrogen-bond acceptors (Lipinski definition) is 6. The zero-order valence-electron chi connectivity index (χ0n) is 17.7. The number of halogens is 2. The molecule has 160 valence electrons. The molecule has 0 spiro atoms. The third-order valence-electron chi connectivity index (χ3n) is 4.37. The third-order valence-corrected chi connectivity index (χ3v) is 6.57. The molecule has 5 nitrogen and oxygen atoms in total. The Kier molecular flexibility index (Phi) is 9.66. The largest absolute Gasteiger partial charge is 0.372 e. The van der Waals surface area contributed by atoms with Gasteiger partial charge in [0.15, 0.2) is 10.9 Å². The number of fused-ring (bicyclic) bond motifs is 3. The number of carbonyl (C=O) groups excluding carboxylic acids is 1. The van der Waals surface area contributed by atoms with Gasteiger partial charge in [0, 0.05) is 4.47 Å². The molecule has 1 unspecified atom stereocenters. The average Bonchev–Trinajstić information content (AvgIpc) is 3.16. The number of nitrogens with zero attached hydrogens (tertiary/aromatic N) is 2. The Morgan fingerprint density at radius 3 is 2.48 bits per heavy atom. The molecule has 0 amide bonds. The Labute approximate surface area is 190 Å². The van der Waals surface area contributed by atoms with Crippen molar-refractivity contribution in [2.45, 2.75) is 78.3 Å². The van der Waals surface area contributed by atoms with Crippen molar-refractivity contribution < 1.29 is 9.53 Å². The van der Waals surface area contributed by atoms with Gasteiger partial charge in [-0.3, -0.25) is 4.79 Å². The van der Waals surface area contributed by atoms with Gasteiger partial charge < -0.3 is 10.1 Å². The number of aromatic nitrogens is 2. The zero-order valence-corrected chi connectivity index (χ0v) is 20.9. The van der Waals surface area contributed by atoms with Crippen LogP contribution in [0.25, 0.3) is 10.9 Å². The quantitative estimate of drug-likeness (QED) is 0.333. The molecule has 2 aromatic rings. The van der Waals surface area contributed by atoms with Crippen molar-refractivity contribution in [1.82, 2.24) is 9.97 Å². The molecule has 1 aromatic heterocycles. The zero-order chi connectivity index (χ0) is 21.6. The van der Waals surface area contributed by atoms with Gasteiger partial charge in [-0.2, -0.15) is 0 Å². The topological polar surface area (TPSA) is 64.1 Å². The van der Waals surface area contributed by atoms with Crippen LogP contribution in [0, 0.1) is 0 Å². The van der Waals surface area contributed by atoms with E-state index < -0.39 is 0 Å². The Bertz CT molecular complexity index is 879. The summed E-state index contributed by atoms with van der Waals surface area (Å²) in [6.07, 6.45) is 2.91. The maximum absolute atomic E-state index is 12.1. The monoisotopic (exact) mass is 501 g/mol. The molecular weight excluding hydrogens is 474 g/mol. The highest BCUT2D eigenvalue weighted by molar-refractivity contribution is 9.10. The minimum absolute atomic E-state index is 0.0967. The van der Waals surface area contributed by atoms with E-state index in [4.69, 9.17) is 21.3 Å². The van der Waals surface area contributed by atoms with Crippen LogP contribution in [0.1, 0.15) is 65.0 Å². The summed E-state index contributed by atoms with van der Waals surface area (Å²) in [5.74, 6) is 1.61. The van der Waals surface area contributed by atoms with Gasteiger partial charge in [-0.1, -0.05) is 63.9 Å². The second kappa shape index (κ2) is 11.5. The maximum atomic E-state index is 12.1. The fourth-order valence-electron chi connectivity index (χ4n) is 3.10. The fraction of sp³-hybridized carbons (Fsp3) is 0.571. The number of nitrogens with one attached hydrogen (secondary N) is 1. The van der Waals surface area contributed by atoms with Gasteiger partial charge in [0.25, 0.3) is 0 Å². The predicted octanol–water partition coefficient (Wildman–Crippen LogP) is 6.77. The summed E-state index contributed by atoms with van der Waals surface area (Å²) >= 11 is 11.8. The Morgan fingerprint density at radius 2 is 1.90 bits per heavy atom. The first-order chi connectivity index (χ1) is 13.9. The van der Waals surface area contributed by atoms with Gasteiger partial charge in [-0.05, 0) is 46.2 Å². The van der Waals surface area contributed by atoms with Gasteiger partial charge in [0.2, 0.25) is 0 Å². The Hall–Kier alpha value is -0.890. The molecule has 0 saturated carbocycles. The molecule has 0 saturated heterocycles. The molecule has 1 aliphatic rings. The number of ketones is 1. The molecule has 0 bridgehead atoms. The van der Waals surface area contributed by atoms with Crippen molar-refractivity contribution in [3.05, 3.63) is 20.6 Å². The second-order valence-electron chi connectivity index (χ2n) is 6.89. The number of anilines is 1. The van der Waals surface area contributed by atoms with Gasteiger partial charge in [-0.25, -0.2) is 9.97 Å². The number of hydrogen-bond donors (Lipinski definition) is 1. The first-order valence-electron chi connectivity index (χ1n) is 10.1. The van der Waals surface area contributed by atoms with Crippen LogP contribution in [0.4, 0.5) is 5.82 Å². The third kappa shape index (κ3) is 5.63. The predicted molar refractivity (Wildman–Crippen MR) is 126 cm³/mol. The van der Waals surface area contributed by atoms with Crippen LogP contribution >= 0.6 is 39.3 Å². The fourth-order valence-corrected chi connectivity index (χ4v) is 4.46. The molecule has 2 heterocycles. The van der Waals surface area contributed by atoms with E-state index in [1.165, 1.54) is 6.42 Å². The molecule has 3 rings (SSSR count).